The fourth-order valence-corrected chi connectivity index (χ4v) is 2.13. The van der Waals surface area contributed by atoms with Crippen LogP contribution < -0.4 is 25.3 Å². The predicted molar refractivity (Wildman–Crippen MR) is 76.2 cm³/mol. The van der Waals surface area contributed by atoms with Gasteiger partial charge in [0.2, 0.25) is 0 Å². The van der Waals surface area contributed by atoms with Crippen LogP contribution in [0.25, 0.3) is 0 Å². The molecule has 0 spiro atoms. The van der Waals surface area contributed by atoms with Crippen LogP contribution in [0.15, 0.2) is 12.1 Å². The molecule has 0 radical (unpaired) electrons. The fraction of sp³-hybridized carbons (Fsp3) is 0.571. The van der Waals surface area contributed by atoms with Crippen molar-refractivity contribution in [2.45, 2.75) is 25.4 Å². The molecule has 5 nitrogen and oxygen atoms in total. The fourth-order valence-electron chi connectivity index (χ4n) is 2.13. The first-order chi connectivity index (χ1) is 9.07. The summed E-state index contributed by atoms with van der Waals surface area (Å²) in [4.78, 5) is 0. The van der Waals surface area contributed by atoms with E-state index in [9.17, 15) is 0 Å². The standard InChI is InChI=1S/C14H24N2O3/c1-9(15)6-11(16-2)14-12(18-4)7-10(17-3)8-13(14)19-5/h7-9,11,16H,6,15H2,1-5H3. The molecule has 0 heterocycles. The minimum Gasteiger partial charge on any atom is -0.496 e. The summed E-state index contributed by atoms with van der Waals surface area (Å²) in [5.74, 6) is 2.17. The lowest BCUT2D eigenvalue weighted by Crippen LogP contribution is -2.26. The number of hydrogen-bond donors (Lipinski definition) is 2. The summed E-state index contributed by atoms with van der Waals surface area (Å²) in [6, 6.07) is 3.84. The first-order valence-electron chi connectivity index (χ1n) is 6.30. The van der Waals surface area contributed by atoms with Gasteiger partial charge in [-0.05, 0) is 20.4 Å². The van der Waals surface area contributed by atoms with Gasteiger partial charge in [0, 0.05) is 24.2 Å². The molecule has 0 bridgehead atoms. The van der Waals surface area contributed by atoms with Gasteiger partial charge >= 0.3 is 0 Å². The number of rotatable bonds is 7. The summed E-state index contributed by atoms with van der Waals surface area (Å²) in [7, 11) is 6.79. The minimum atomic E-state index is 0.0656. The maximum atomic E-state index is 5.90. The Morgan fingerprint density at radius 3 is 1.95 bits per heavy atom. The van der Waals surface area contributed by atoms with Crippen molar-refractivity contribution < 1.29 is 14.2 Å². The monoisotopic (exact) mass is 268 g/mol. The second-order valence-electron chi connectivity index (χ2n) is 4.50. The molecule has 0 aliphatic rings. The molecule has 0 amide bonds. The van der Waals surface area contributed by atoms with Crippen molar-refractivity contribution in [3.63, 3.8) is 0 Å². The molecule has 0 aliphatic heterocycles. The van der Waals surface area contributed by atoms with Crippen molar-refractivity contribution >= 4 is 0 Å². The molecule has 0 saturated carbocycles. The molecule has 2 atom stereocenters. The molecule has 1 aromatic rings. The zero-order valence-corrected chi connectivity index (χ0v) is 12.3. The van der Waals surface area contributed by atoms with Gasteiger partial charge in [-0.25, -0.2) is 0 Å². The van der Waals surface area contributed by atoms with E-state index in [-0.39, 0.29) is 12.1 Å². The third-order valence-electron chi connectivity index (χ3n) is 3.06. The quantitative estimate of drug-likeness (QED) is 0.788. The number of hydrogen-bond acceptors (Lipinski definition) is 5. The van der Waals surface area contributed by atoms with Gasteiger partial charge in [-0.1, -0.05) is 0 Å². The Kier molecular flexibility index (Phi) is 5.92. The predicted octanol–water partition coefficient (Wildman–Crippen LogP) is 1.71. The smallest absolute Gasteiger partial charge is 0.131 e. The maximum Gasteiger partial charge on any atom is 0.131 e. The number of benzene rings is 1. The highest BCUT2D eigenvalue weighted by atomic mass is 16.5. The SMILES string of the molecule is CNC(CC(C)N)c1c(OC)cc(OC)cc1OC. The number of nitrogens with two attached hydrogens (primary N) is 1. The molecule has 19 heavy (non-hydrogen) atoms. The summed E-state index contributed by atoms with van der Waals surface area (Å²) in [6.45, 7) is 1.98. The topological polar surface area (TPSA) is 65.7 Å². The largest absolute Gasteiger partial charge is 0.496 e. The van der Waals surface area contributed by atoms with E-state index in [1.807, 2.05) is 26.1 Å². The van der Waals surface area contributed by atoms with Gasteiger partial charge in [-0.3, -0.25) is 0 Å². The Hall–Kier alpha value is -1.46. The van der Waals surface area contributed by atoms with E-state index in [0.29, 0.717) is 5.75 Å². The highest BCUT2D eigenvalue weighted by Crippen LogP contribution is 2.39. The number of methoxy groups -OCH3 is 3. The van der Waals surface area contributed by atoms with Crippen LogP contribution in [0.3, 0.4) is 0 Å². The first kappa shape index (κ1) is 15.6. The summed E-state index contributed by atoms with van der Waals surface area (Å²) < 4.78 is 16.2. The molecular weight excluding hydrogens is 244 g/mol. The van der Waals surface area contributed by atoms with Gasteiger partial charge < -0.3 is 25.3 Å². The Morgan fingerprint density at radius 2 is 1.63 bits per heavy atom. The Morgan fingerprint density at radius 1 is 1.11 bits per heavy atom. The van der Waals surface area contributed by atoms with E-state index in [0.717, 1.165) is 23.5 Å². The molecule has 2 unspecified atom stereocenters. The Labute approximate surface area is 115 Å². The third kappa shape index (κ3) is 3.75. The minimum absolute atomic E-state index is 0.0656. The van der Waals surface area contributed by atoms with Gasteiger partial charge in [0.1, 0.15) is 17.2 Å². The summed E-state index contributed by atoms with van der Waals surface area (Å²) >= 11 is 0. The van der Waals surface area contributed by atoms with Crippen LogP contribution in [-0.2, 0) is 0 Å². The van der Waals surface area contributed by atoms with Crippen molar-refractivity contribution in [3.8, 4) is 17.2 Å². The van der Waals surface area contributed by atoms with E-state index in [1.165, 1.54) is 0 Å². The van der Waals surface area contributed by atoms with E-state index in [2.05, 4.69) is 5.32 Å². The first-order valence-corrected chi connectivity index (χ1v) is 6.30. The zero-order chi connectivity index (χ0) is 14.4. The zero-order valence-electron chi connectivity index (χ0n) is 12.3. The van der Waals surface area contributed by atoms with Crippen LogP contribution in [-0.4, -0.2) is 34.4 Å². The average Bonchev–Trinajstić information content (AvgIpc) is 2.42. The van der Waals surface area contributed by atoms with E-state index in [1.54, 1.807) is 21.3 Å². The highest BCUT2D eigenvalue weighted by Gasteiger charge is 2.22. The van der Waals surface area contributed by atoms with E-state index < -0.39 is 0 Å². The summed E-state index contributed by atoms with van der Waals surface area (Å²) in [5.41, 5.74) is 6.86. The van der Waals surface area contributed by atoms with E-state index in [4.69, 9.17) is 19.9 Å². The van der Waals surface area contributed by atoms with Crippen molar-refractivity contribution in [1.29, 1.82) is 0 Å². The van der Waals surface area contributed by atoms with Gasteiger partial charge in [-0.2, -0.15) is 0 Å². The van der Waals surface area contributed by atoms with Gasteiger partial charge in [0.25, 0.3) is 0 Å². The van der Waals surface area contributed by atoms with Crippen LogP contribution in [0.4, 0.5) is 0 Å². The molecule has 108 valence electrons. The van der Waals surface area contributed by atoms with Gasteiger partial charge in [-0.15, -0.1) is 0 Å². The molecule has 0 fully saturated rings. The molecule has 0 aromatic heterocycles. The van der Waals surface area contributed by atoms with Crippen LogP contribution in [0, 0.1) is 0 Å². The average molecular weight is 268 g/mol. The Bertz CT molecular complexity index is 383. The van der Waals surface area contributed by atoms with Crippen LogP contribution >= 0.6 is 0 Å². The normalized spacial score (nSPS) is 13.8. The molecule has 5 heteroatoms. The lowest BCUT2D eigenvalue weighted by Gasteiger charge is -2.24. The summed E-state index contributed by atoms with van der Waals surface area (Å²) in [5, 5.41) is 3.26. The summed E-state index contributed by atoms with van der Waals surface area (Å²) in [6.07, 6.45) is 0.787. The maximum absolute atomic E-state index is 5.90. The van der Waals surface area contributed by atoms with Crippen LogP contribution in [0.2, 0.25) is 0 Å². The molecule has 3 N–H and O–H groups in total. The second kappa shape index (κ2) is 7.21. The highest BCUT2D eigenvalue weighted by molar-refractivity contribution is 5.52. The molecule has 1 aromatic carbocycles. The van der Waals surface area contributed by atoms with E-state index >= 15 is 0 Å². The number of ether oxygens (including phenoxy) is 3. The second-order valence-corrected chi connectivity index (χ2v) is 4.50. The number of nitrogens with one attached hydrogen (secondary N) is 1. The van der Waals surface area contributed by atoms with Crippen molar-refractivity contribution in [1.82, 2.24) is 5.32 Å². The third-order valence-corrected chi connectivity index (χ3v) is 3.06. The Balaban J connectivity index is 3.28. The molecule has 0 saturated heterocycles. The van der Waals surface area contributed by atoms with Crippen LogP contribution in [0.5, 0.6) is 17.2 Å². The van der Waals surface area contributed by atoms with Crippen molar-refractivity contribution in [2.75, 3.05) is 28.4 Å². The molecular formula is C14H24N2O3. The molecule has 1 rings (SSSR count). The lowest BCUT2D eigenvalue weighted by atomic mass is 9.98. The molecule has 0 aliphatic carbocycles. The van der Waals surface area contributed by atoms with Crippen molar-refractivity contribution in [3.05, 3.63) is 17.7 Å². The van der Waals surface area contributed by atoms with Crippen molar-refractivity contribution in [2.24, 2.45) is 5.73 Å². The van der Waals surface area contributed by atoms with Gasteiger partial charge in [0.15, 0.2) is 0 Å². The lowest BCUT2D eigenvalue weighted by molar-refractivity contribution is 0.354. The van der Waals surface area contributed by atoms with Gasteiger partial charge in [0.05, 0.1) is 26.9 Å². The van der Waals surface area contributed by atoms with Crippen LogP contribution in [0.1, 0.15) is 24.9 Å².